The quantitative estimate of drug-likeness (QED) is 0.111. The van der Waals surface area contributed by atoms with Crippen LogP contribution >= 0.6 is 23.2 Å². The second-order valence-corrected chi connectivity index (χ2v) is 25.9. The standard InChI is InChI=1S/2C45H32N4.C2H4Cl2/c2*1-49-29-34-28-41(49)45(33-20-12-5-13-21-33)40-27-26-39(48-40)44(32-18-10-4-11-19-32)38-25-24-37(47-38)43(31-16-8-3-9-17-31)36-23-22-35(46-36)42(34)30-14-6-2-7-15-30;3-1-2-4/h2*2-29,47H,1H3;1-2H2/b2*43-37-,44-38-;. The van der Waals surface area contributed by atoms with Crippen molar-refractivity contribution in [1.29, 1.82) is 0 Å². The molecule has 0 saturated heterocycles. The molecule has 8 nitrogen and oxygen atoms in total. The molecule has 0 radical (unpaired) electrons. The molecule has 0 spiro atoms. The fourth-order valence-electron chi connectivity index (χ4n) is 14.2. The minimum atomic E-state index is 0.557. The molecule has 10 heteroatoms. The minimum absolute atomic E-state index is 0.557. The second kappa shape index (κ2) is 28.8. The van der Waals surface area contributed by atoms with Crippen LogP contribution in [0.25, 0.3) is 22.3 Å². The van der Waals surface area contributed by atoms with Gasteiger partial charge in [-0.15, -0.1) is 46.0 Å². The Morgan fingerprint density at radius 1 is 0.265 bits per heavy atom. The molecule has 2 N–H and O–H groups in total. The summed E-state index contributed by atoms with van der Waals surface area (Å²) in [6.45, 7) is 0. The predicted octanol–water partition coefficient (Wildman–Crippen LogP) is 15.7. The van der Waals surface area contributed by atoms with Gasteiger partial charge in [0.25, 0.3) is 0 Å². The summed E-state index contributed by atoms with van der Waals surface area (Å²) >= 11 is 10.1. The van der Waals surface area contributed by atoms with Crippen molar-refractivity contribution in [3.05, 3.63) is 498 Å². The Labute approximate surface area is 604 Å². The Morgan fingerprint density at radius 3 is 0.735 bits per heavy atom. The highest BCUT2D eigenvalue weighted by Gasteiger charge is 2.32. The number of benzene rings is 8. The van der Waals surface area contributed by atoms with Crippen LogP contribution in [-0.4, -0.2) is 30.9 Å². The molecule has 18 rings (SSSR count). The van der Waals surface area contributed by atoms with E-state index in [-0.39, 0.29) is 0 Å². The summed E-state index contributed by atoms with van der Waals surface area (Å²) in [6.07, 6.45) is 4.44. The maximum Gasteiger partial charge on any atom is 0.118 e. The Bertz CT molecular complexity index is 5400. The number of aromatic nitrogens is 8. The largest absolute Gasteiger partial charge is 0.645 e. The average Bonchev–Trinajstić information content (AvgIpc) is 1.61. The van der Waals surface area contributed by atoms with Crippen molar-refractivity contribution >= 4 is 45.5 Å². The maximum absolute atomic E-state index is 5.40. The molecular formula is C92H68Cl2N8. The Morgan fingerprint density at radius 2 is 0.490 bits per heavy atom. The molecular weight excluding hydrogens is 1290 g/mol. The van der Waals surface area contributed by atoms with Crippen LogP contribution in [0.2, 0.25) is 0 Å². The summed E-state index contributed by atoms with van der Waals surface area (Å²) in [5.74, 6) is 5.45. The SMILES string of the molecule is ClCCCl.Cn1cc2cc1[C+](c1ccccc1)c1ccc([n-]1)/C(c1ccccc1)=c1/cc/c([nH]1)=C(\c1ccccc1)c1ccc([n-]1)[C+]2c1ccccc1.Cn1cc2cc1[C+](c1ccccc1)c1ccc([n-]1)/C(c1ccccc1)=c1/cc/c([nH]1)=C(\c1ccccc1)c1ccc([n-]1)[C+]2c1ccccc1. The number of aryl methyl sites for hydroxylation is 2. The van der Waals surface area contributed by atoms with Crippen molar-refractivity contribution in [1.82, 2.24) is 39.0 Å². The highest BCUT2D eigenvalue weighted by Crippen LogP contribution is 2.40. The van der Waals surface area contributed by atoms with E-state index < -0.39 is 0 Å². The molecule has 0 fully saturated rings. The number of halogens is 2. The normalized spacial score (nSPS) is 14.7. The number of aromatic amines is 2. The summed E-state index contributed by atoms with van der Waals surface area (Å²) < 4.78 is 4.44. The van der Waals surface area contributed by atoms with Gasteiger partial charge in [0.2, 0.25) is 0 Å². The van der Waals surface area contributed by atoms with Gasteiger partial charge in [-0.05, 0) is 214 Å². The molecule has 10 heterocycles. The number of hydrogen-bond acceptors (Lipinski definition) is 0. The van der Waals surface area contributed by atoms with E-state index in [2.05, 4.69) is 373 Å². The zero-order valence-corrected chi connectivity index (χ0v) is 57.7. The number of hydrogen-bond donors (Lipinski definition) is 2. The highest BCUT2D eigenvalue weighted by molar-refractivity contribution is 6.26. The van der Waals surface area contributed by atoms with Gasteiger partial charge < -0.3 is 39.0 Å². The monoisotopic (exact) mass is 1350 g/mol. The lowest BCUT2D eigenvalue weighted by Crippen LogP contribution is -2.18. The number of alkyl halides is 2. The second-order valence-electron chi connectivity index (χ2n) is 25.2. The molecule has 0 amide bonds. The maximum atomic E-state index is 5.40. The van der Waals surface area contributed by atoms with Gasteiger partial charge in [0.1, 0.15) is 11.4 Å². The first-order valence-corrected chi connectivity index (χ1v) is 35.2. The van der Waals surface area contributed by atoms with Gasteiger partial charge in [-0.3, -0.25) is 0 Å². The zero-order valence-electron chi connectivity index (χ0n) is 56.2. The molecule has 0 saturated carbocycles. The summed E-state index contributed by atoms with van der Waals surface area (Å²) in [4.78, 5) is 29.2. The van der Waals surface area contributed by atoms with Gasteiger partial charge in [-0.2, -0.15) is 0 Å². The lowest BCUT2D eigenvalue weighted by atomic mass is 9.88. The van der Waals surface area contributed by atoms with E-state index >= 15 is 0 Å². The molecule has 0 atom stereocenters. The van der Waals surface area contributed by atoms with Crippen LogP contribution in [0.3, 0.4) is 0 Å². The first-order valence-electron chi connectivity index (χ1n) is 34.2. The lowest BCUT2D eigenvalue weighted by molar-refractivity contribution is 0.862. The number of nitrogens with zero attached hydrogens (tertiary/aromatic N) is 6. The van der Waals surface area contributed by atoms with E-state index in [1.54, 1.807) is 0 Å². The van der Waals surface area contributed by atoms with Crippen LogP contribution < -0.4 is 41.3 Å². The molecule has 0 aliphatic carbocycles. The van der Waals surface area contributed by atoms with Gasteiger partial charge >= 0.3 is 0 Å². The molecule has 8 aromatic carbocycles. The average molecular weight is 1360 g/mol. The van der Waals surface area contributed by atoms with Gasteiger partial charge in [-0.1, -0.05) is 144 Å². The summed E-state index contributed by atoms with van der Waals surface area (Å²) in [5.41, 5.74) is 24.8. The van der Waals surface area contributed by atoms with Crippen molar-refractivity contribution in [3.63, 3.8) is 0 Å². The molecule has 102 heavy (non-hydrogen) atoms. The van der Waals surface area contributed by atoms with Gasteiger partial charge in [0.15, 0.2) is 0 Å². The Balaban J connectivity index is 0.000000150. The van der Waals surface area contributed by atoms with Crippen LogP contribution in [0.15, 0.2) is 340 Å². The molecule has 0 unspecified atom stereocenters. The van der Waals surface area contributed by atoms with Crippen molar-refractivity contribution in [3.8, 4) is 0 Å². The van der Waals surface area contributed by atoms with Gasteiger partial charge in [-0.25, -0.2) is 0 Å². The number of rotatable bonds is 9. The summed E-state index contributed by atoms with van der Waals surface area (Å²) in [6, 6.07) is 115. The zero-order chi connectivity index (χ0) is 68.9. The van der Waals surface area contributed by atoms with E-state index in [0.29, 0.717) is 11.8 Å². The molecule has 2 aliphatic rings. The van der Waals surface area contributed by atoms with Crippen molar-refractivity contribution in [2.45, 2.75) is 0 Å². The highest BCUT2D eigenvalue weighted by atomic mass is 35.5. The molecule has 16 aromatic rings. The first kappa shape index (κ1) is 64.2. The van der Waals surface area contributed by atoms with Crippen LogP contribution in [0, 0.1) is 23.7 Å². The van der Waals surface area contributed by atoms with E-state index in [9.17, 15) is 0 Å². The van der Waals surface area contributed by atoms with Crippen LogP contribution in [0.1, 0.15) is 113 Å². The van der Waals surface area contributed by atoms with Crippen LogP contribution in [0.4, 0.5) is 0 Å². The Hall–Kier alpha value is -12.5. The third-order valence-electron chi connectivity index (χ3n) is 18.7. The van der Waals surface area contributed by atoms with E-state index in [1.165, 1.54) is 0 Å². The molecule has 490 valence electrons. The lowest BCUT2D eigenvalue weighted by Gasteiger charge is -2.20. The minimum Gasteiger partial charge on any atom is -0.645 e. The summed E-state index contributed by atoms with van der Waals surface area (Å²) in [5, 5.41) is 3.99. The Kier molecular flexibility index (Phi) is 18.1. The van der Waals surface area contributed by atoms with Crippen molar-refractivity contribution in [2.75, 3.05) is 11.8 Å². The van der Waals surface area contributed by atoms with Crippen molar-refractivity contribution in [2.24, 2.45) is 14.1 Å². The first-order chi connectivity index (χ1) is 50.3. The topological polar surface area (TPSA) is 97.8 Å². The van der Waals surface area contributed by atoms with E-state index in [4.69, 9.17) is 43.1 Å². The molecule has 16 bridgehead atoms. The fourth-order valence-corrected chi connectivity index (χ4v) is 14.2. The third-order valence-corrected chi connectivity index (χ3v) is 19.3. The number of nitrogens with one attached hydrogen (secondary N) is 2. The number of H-pyrrole nitrogens is 2. The van der Waals surface area contributed by atoms with E-state index in [1.807, 2.05) is 0 Å². The third kappa shape index (κ3) is 12.8. The fraction of sp³-hybridized carbons (Fsp3) is 0.0435. The molecule has 2 aliphatic heterocycles. The van der Waals surface area contributed by atoms with Crippen molar-refractivity contribution < 1.29 is 0 Å². The molecule has 8 aromatic heterocycles. The van der Waals surface area contributed by atoms with Gasteiger partial charge in [0, 0.05) is 95.5 Å². The van der Waals surface area contributed by atoms with Gasteiger partial charge in [0.05, 0.1) is 57.6 Å². The summed E-state index contributed by atoms with van der Waals surface area (Å²) in [7, 11) is 4.24. The van der Waals surface area contributed by atoms with Crippen LogP contribution in [0.5, 0.6) is 0 Å². The smallest absolute Gasteiger partial charge is 0.118 e. The van der Waals surface area contributed by atoms with Crippen LogP contribution in [-0.2, 0) is 14.1 Å². The predicted molar refractivity (Wildman–Crippen MR) is 412 cm³/mol. The van der Waals surface area contributed by atoms with E-state index in [0.717, 1.165) is 180 Å². The number of fused-ring (bicyclic) bond motifs is 16.